The molecule has 1 unspecified atom stereocenters. The minimum atomic E-state index is 0.0534. The Balaban J connectivity index is 1.82. The molecule has 1 atom stereocenters. The number of anilines is 1. The Kier molecular flexibility index (Phi) is 4.61. The lowest BCUT2D eigenvalue weighted by molar-refractivity contribution is 0.0726. The van der Waals surface area contributed by atoms with Crippen molar-refractivity contribution in [1.82, 2.24) is 5.32 Å². The van der Waals surface area contributed by atoms with E-state index in [0.29, 0.717) is 12.6 Å². The van der Waals surface area contributed by atoms with Gasteiger partial charge >= 0.3 is 0 Å². The van der Waals surface area contributed by atoms with Crippen LogP contribution in [0, 0.1) is 0 Å². The second kappa shape index (κ2) is 6.43. The molecule has 1 saturated heterocycles. The van der Waals surface area contributed by atoms with Gasteiger partial charge in [-0.15, -0.1) is 0 Å². The molecule has 1 aliphatic heterocycles. The van der Waals surface area contributed by atoms with Gasteiger partial charge in [0.2, 0.25) is 0 Å². The van der Waals surface area contributed by atoms with Gasteiger partial charge in [-0.25, -0.2) is 0 Å². The van der Waals surface area contributed by atoms with Crippen molar-refractivity contribution < 1.29 is 9.84 Å². The van der Waals surface area contributed by atoms with Crippen LogP contribution in [-0.4, -0.2) is 43.6 Å². The number of benzene rings is 1. The Bertz CT molecular complexity index is 465. The van der Waals surface area contributed by atoms with Gasteiger partial charge in [-0.2, -0.15) is 0 Å². The molecule has 4 nitrogen and oxygen atoms in total. The summed E-state index contributed by atoms with van der Waals surface area (Å²) in [5, 5.41) is 13.1. The van der Waals surface area contributed by atoms with Crippen molar-refractivity contribution in [2.45, 2.75) is 31.5 Å². The normalized spacial score (nSPS) is 23.1. The van der Waals surface area contributed by atoms with E-state index in [1.165, 1.54) is 24.1 Å². The fourth-order valence-corrected chi connectivity index (χ4v) is 2.97. The van der Waals surface area contributed by atoms with Crippen molar-refractivity contribution in [2.24, 2.45) is 0 Å². The molecule has 1 saturated carbocycles. The average Bonchev–Trinajstić information content (AvgIpc) is 3.30. The summed E-state index contributed by atoms with van der Waals surface area (Å²) in [7, 11) is 0. The van der Waals surface area contributed by atoms with Crippen molar-refractivity contribution in [3.8, 4) is 0 Å². The van der Waals surface area contributed by atoms with E-state index in [0.717, 1.165) is 24.2 Å². The molecule has 0 radical (unpaired) electrons. The van der Waals surface area contributed by atoms with Crippen LogP contribution in [-0.2, 0) is 11.3 Å². The van der Waals surface area contributed by atoms with Gasteiger partial charge in [-0.1, -0.05) is 22.0 Å². The molecule has 2 fully saturated rings. The Morgan fingerprint density at radius 3 is 3.00 bits per heavy atom. The summed E-state index contributed by atoms with van der Waals surface area (Å²) in [4.78, 5) is 2.28. The Labute approximate surface area is 128 Å². The van der Waals surface area contributed by atoms with Crippen LogP contribution in [0.15, 0.2) is 22.7 Å². The van der Waals surface area contributed by atoms with Crippen LogP contribution < -0.4 is 10.2 Å². The maximum Gasteiger partial charge on any atom is 0.0755 e. The monoisotopic (exact) mass is 340 g/mol. The molecular formula is C15H21BrN2O2. The van der Waals surface area contributed by atoms with Crippen molar-refractivity contribution in [1.29, 1.82) is 0 Å². The predicted octanol–water partition coefficient (Wildman–Crippen LogP) is 1.90. The topological polar surface area (TPSA) is 44.7 Å². The van der Waals surface area contributed by atoms with Crippen LogP contribution in [0.25, 0.3) is 0 Å². The van der Waals surface area contributed by atoms with E-state index in [1.54, 1.807) is 0 Å². The summed E-state index contributed by atoms with van der Waals surface area (Å²) in [6.07, 6.45) is 2.59. The molecule has 20 heavy (non-hydrogen) atoms. The first-order valence-corrected chi connectivity index (χ1v) is 8.04. The largest absolute Gasteiger partial charge is 0.394 e. The Hall–Kier alpha value is -0.620. The van der Waals surface area contributed by atoms with Gasteiger partial charge in [0.25, 0.3) is 0 Å². The number of aliphatic hydroxyl groups is 1. The zero-order valence-electron chi connectivity index (χ0n) is 11.5. The highest BCUT2D eigenvalue weighted by Crippen LogP contribution is 2.29. The Morgan fingerprint density at radius 2 is 2.25 bits per heavy atom. The van der Waals surface area contributed by atoms with Gasteiger partial charge in [-0.3, -0.25) is 0 Å². The van der Waals surface area contributed by atoms with E-state index in [-0.39, 0.29) is 12.6 Å². The van der Waals surface area contributed by atoms with Gasteiger partial charge in [0, 0.05) is 29.3 Å². The fraction of sp³-hybridized carbons (Fsp3) is 0.600. The number of hydrogen-bond acceptors (Lipinski definition) is 4. The number of ether oxygens (including phenoxy) is 1. The molecule has 1 aromatic rings. The number of hydrogen-bond donors (Lipinski definition) is 2. The van der Waals surface area contributed by atoms with E-state index in [9.17, 15) is 5.11 Å². The number of nitrogens with one attached hydrogen (secondary N) is 1. The maximum absolute atomic E-state index is 9.56. The summed E-state index contributed by atoms with van der Waals surface area (Å²) in [5.41, 5.74) is 2.50. The average molecular weight is 341 g/mol. The van der Waals surface area contributed by atoms with Crippen LogP contribution in [0.3, 0.4) is 0 Å². The number of rotatable bonds is 5. The smallest absolute Gasteiger partial charge is 0.0755 e. The highest BCUT2D eigenvalue weighted by Gasteiger charge is 2.25. The van der Waals surface area contributed by atoms with Gasteiger partial charge in [-0.05, 0) is 30.5 Å². The number of nitrogens with zero attached hydrogens (tertiary/aromatic N) is 1. The quantitative estimate of drug-likeness (QED) is 0.859. The van der Waals surface area contributed by atoms with E-state index < -0.39 is 0 Å². The molecule has 5 heteroatoms. The van der Waals surface area contributed by atoms with Crippen LogP contribution in [0.4, 0.5) is 5.69 Å². The van der Waals surface area contributed by atoms with Crippen LogP contribution >= 0.6 is 15.9 Å². The van der Waals surface area contributed by atoms with E-state index >= 15 is 0 Å². The second-order valence-electron chi connectivity index (χ2n) is 5.53. The van der Waals surface area contributed by atoms with Crippen molar-refractivity contribution in [3.63, 3.8) is 0 Å². The lowest BCUT2D eigenvalue weighted by Gasteiger charge is -2.37. The predicted molar refractivity (Wildman–Crippen MR) is 83.0 cm³/mol. The zero-order valence-corrected chi connectivity index (χ0v) is 13.1. The first-order chi connectivity index (χ1) is 9.78. The molecule has 1 aromatic carbocycles. The molecule has 1 aliphatic carbocycles. The summed E-state index contributed by atoms with van der Waals surface area (Å²) < 4.78 is 6.55. The molecule has 0 spiro atoms. The minimum absolute atomic E-state index is 0.0534. The number of halogens is 1. The maximum atomic E-state index is 9.56. The molecule has 0 bridgehead atoms. The zero-order chi connectivity index (χ0) is 13.9. The van der Waals surface area contributed by atoms with E-state index in [2.05, 4.69) is 44.3 Å². The third-order valence-corrected chi connectivity index (χ3v) is 4.45. The summed E-state index contributed by atoms with van der Waals surface area (Å²) in [6, 6.07) is 7.15. The Morgan fingerprint density at radius 1 is 1.40 bits per heavy atom. The highest BCUT2D eigenvalue weighted by molar-refractivity contribution is 9.10. The van der Waals surface area contributed by atoms with Crippen molar-refractivity contribution in [2.75, 3.05) is 31.3 Å². The third kappa shape index (κ3) is 3.34. The molecule has 0 aromatic heterocycles. The lowest BCUT2D eigenvalue weighted by atomic mass is 10.1. The first-order valence-electron chi connectivity index (χ1n) is 7.25. The standard InChI is InChI=1S/C15H21BrN2O2/c16-12-2-1-11(8-17-13-3-4-13)15(7-12)18-5-6-20-10-14(18)9-19/h1-2,7,13-14,17,19H,3-6,8-10H2. The second-order valence-corrected chi connectivity index (χ2v) is 6.45. The molecule has 3 rings (SSSR count). The van der Waals surface area contributed by atoms with Crippen molar-refractivity contribution >= 4 is 21.6 Å². The molecule has 2 aliphatic rings. The van der Waals surface area contributed by atoms with Crippen LogP contribution in [0.1, 0.15) is 18.4 Å². The van der Waals surface area contributed by atoms with E-state index in [1.807, 2.05) is 0 Å². The van der Waals surface area contributed by atoms with Crippen LogP contribution in [0.2, 0.25) is 0 Å². The summed E-state index contributed by atoms with van der Waals surface area (Å²) in [5.74, 6) is 0. The van der Waals surface area contributed by atoms with Gasteiger partial charge < -0.3 is 20.1 Å². The summed E-state index contributed by atoms with van der Waals surface area (Å²) >= 11 is 3.56. The third-order valence-electron chi connectivity index (χ3n) is 3.95. The molecular weight excluding hydrogens is 320 g/mol. The van der Waals surface area contributed by atoms with Gasteiger partial charge in [0.1, 0.15) is 0 Å². The minimum Gasteiger partial charge on any atom is -0.394 e. The molecule has 0 amide bonds. The fourth-order valence-electron chi connectivity index (χ4n) is 2.62. The van der Waals surface area contributed by atoms with Gasteiger partial charge in [0.05, 0.1) is 25.9 Å². The lowest BCUT2D eigenvalue weighted by Crippen LogP contribution is -2.48. The van der Waals surface area contributed by atoms with Crippen molar-refractivity contribution in [3.05, 3.63) is 28.2 Å². The SMILES string of the molecule is OCC1COCCN1c1cc(Br)ccc1CNC1CC1. The highest BCUT2D eigenvalue weighted by atomic mass is 79.9. The molecule has 110 valence electrons. The first kappa shape index (κ1) is 14.3. The molecule has 1 heterocycles. The molecule has 2 N–H and O–H groups in total. The number of aliphatic hydroxyl groups excluding tert-OH is 1. The van der Waals surface area contributed by atoms with E-state index in [4.69, 9.17) is 4.74 Å². The summed E-state index contributed by atoms with van der Waals surface area (Å²) in [6.45, 7) is 3.17. The number of morpholine rings is 1. The van der Waals surface area contributed by atoms with Gasteiger partial charge in [0.15, 0.2) is 0 Å². The van der Waals surface area contributed by atoms with Crippen LogP contribution in [0.5, 0.6) is 0 Å².